The topological polar surface area (TPSA) is 26.0 Å². The molecule has 0 aromatic heterocycles. The fraction of sp³-hybridized carbons (Fsp3) is 1.00. The van der Waals surface area contributed by atoms with E-state index in [2.05, 4.69) is 31.9 Å². The molecular formula is C4H9Br2N. The summed E-state index contributed by atoms with van der Waals surface area (Å²) in [5.74, 6) is 0. The molecule has 0 aliphatic rings. The zero-order chi connectivity index (χ0) is 5.70. The van der Waals surface area contributed by atoms with Crippen molar-refractivity contribution in [3.8, 4) is 0 Å². The molecule has 0 aromatic carbocycles. The fourth-order valence-corrected chi connectivity index (χ4v) is 0.920. The van der Waals surface area contributed by atoms with E-state index in [9.17, 15) is 0 Å². The summed E-state index contributed by atoms with van der Waals surface area (Å²) < 4.78 is 0.448. The van der Waals surface area contributed by atoms with Crippen LogP contribution in [0.1, 0.15) is 12.8 Å². The molecule has 0 bridgehead atoms. The first-order valence-electron chi connectivity index (χ1n) is 2.25. The molecule has 0 radical (unpaired) electrons. The van der Waals surface area contributed by atoms with Gasteiger partial charge in [0, 0.05) is 0 Å². The van der Waals surface area contributed by atoms with Crippen LogP contribution >= 0.6 is 31.9 Å². The zero-order valence-electron chi connectivity index (χ0n) is 4.03. The van der Waals surface area contributed by atoms with E-state index in [1.54, 1.807) is 0 Å². The standard InChI is InChI=1S/C4H9Br2N/c5-4(6)2-1-3-7/h4H,1-3,7H2. The van der Waals surface area contributed by atoms with Crippen molar-refractivity contribution < 1.29 is 0 Å². The highest BCUT2D eigenvalue weighted by Crippen LogP contribution is 2.13. The maximum absolute atomic E-state index is 5.24. The first kappa shape index (κ1) is 7.92. The molecule has 3 heteroatoms. The average molecular weight is 231 g/mol. The van der Waals surface area contributed by atoms with E-state index in [1.807, 2.05) is 0 Å². The minimum atomic E-state index is 0.448. The second-order valence-corrected chi connectivity index (χ2v) is 4.76. The number of nitrogens with two attached hydrogens (primary N) is 1. The molecule has 0 aliphatic heterocycles. The summed E-state index contributed by atoms with van der Waals surface area (Å²) in [6.45, 7) is 0.785. The van der Waals surface area contributed by atoms with Crippen LogP contribution in [0, 0.1) is 0 Å². The summed E-state index contributed by atoms with van der Waals surface area (Å²) in [6, 6.07) is 0. The van der Waals surface area contributed by atoms with Crippen molar-refractivity contribution in [1.29, 1.82) is 0 Å². The van der Waals surface area contributed by atoms with Gasteiger partial charge in [0.1, 0.15) is 0 Å². The van der Waals surface area contributed by atoms with Crippen LogP contribution in [0.15, 0.2) is 0 Å². The lowest BCUT2D eigenvalue weighted by Gasteiger charge is -1.95. The second kappa shape index (κ2) is 5.06. The Balaban J connectivity index is 2.68. The summed E-state index contributed by atoms with van der Waals surface area (Å²) in [6.07, 6.45) is 2.19. The van der Waals surface area contributed by atoms with Gasteiger partial charge in [0.2, 0.25) is 0 Å². The number of hydrogen-bond donors (Lipinski definition) is 1. The number of halogens is 2. The molecule has 0 amide bonds. The normalized spacial score (nSPS) is 10.3. The van der Waals surface area contributed by atoms with Crippen LogP contribution in [0.4, 0.5) is 0 Å². The molecule has 0 aromatic rings. The van der Waals surface area contributed by atoms with Gasteiger partial charge in [-0.2, -0.15) is 0 Å². The van der Waals surface area contributed by atoms with E-state index < -0.39 is 0 Å². The third-order valence-corrected chi connectivity index (χ3v) is 1.54. The molecule has 0 saturated carbocycles. The highest BCUT2D eigenvalue weighted by atomic mass is 79.9. The monoisotopic (exact) mass is 229 g/mol. The van der Waals surface area contributed by atoms with Gasteiger partial charge in [0.05, 0.1) is 3.74 Å². The maximum Gasteiger partial charge on any atom is 0.0698 e. The average Bonchev–Trinajstić information content (AvgIpc) is 1.61. The van der Waals surface area contributed by atoms with Crippen molar-refractivity contribution in [2.45, 2.75) is 16.6 Å². The van der Waals surface area contributed by atoms with Gasteiger partial charge in [0.25, 0.3) is 0 Å². The lowest BCUT2D eigenvalue weighted by atomic mass is 10.3. The molecule has 1 nitrogen and oxygen atoms in total. The van der Waals surface area contributed by atoms with E-state index in [4.69, 9.17) is 5.73 Å². The highest BCUT2D eigenvalue weighted by molar-refractivity contribution is 9.24. The second-order valence-electron chi connectivity index (χ2n) is 1.32. The molecule has 0 heterocycles. The van der Waals surface area contributed by atoms with Crippen LogP contribution in [0.3, 0.4) is 0 Å². The smallest absolute Gasteiger partial charge is 0.0698 e. The van der Waals surface area contributed by atoms with Gasteiger partial charge in [0.15, 0.2) is 0 Å². The van der Waals surface area contributed by atoms with Crippen LogP contribution in [0.25, 0.3) is 0 Å². The van der Waals surface area contributed by atoms with Crippen molar-refractivity contribution >= 4 is 31.9 Å². The Hall–Kier alpha value is 0.920. The first-order valence-corrected chi connectivity index (χ1v) is 4.08. The van der Waals surface area contributed by atoms with E-state index in [0.29, 0.717) is 3.74 Å². The van der Waals surface area contributed by atoms with Gasteiger partial charge in [-0.15, -0.1) is 0 Å². The van der Waals surface area contributed by atoms with Crippen molar-refractivity contribution in [1.82, 2.24) is 0 Å². The molecule has 0 fully saturated rings. The molecule has 44 valence electrons. The molecule has 0 rings (SSSR count). The Bertz CT molecular complexity index is 38.7. The molecule has 2 N–H and O–H groups in total. The van der Waals surface area contributed by atoms with E-state index >= 15 is 0 Å². The van der Waals surface area contributed by atoms with E-state index in [-0.39, 0.29) is 0 Å². The van der Waals surface area contributed by atoms with Crippen molar-refractivity contribution in [2.75, 3.05) is 6.54 Å². The van der Waals surface area contributed by atoms with Gasteiger partial charge in [-0.25, -0.2) is 0 Å². The van der Waals surface area contributed by atoms with Crippen molar-refractivity contribution in [2.24, 2.45) is 5.73 Å². The van der Waals surface area contributed by atoms with Crippen molar-refractivity contribution in [3.05, 3.63) is 0 Å². The van der Waals surface area contributed by atoms with Crippen LogP contribution in [-0.2, 0) is 0 Å². The van der Waals surface area contributed by atoms with Crippen LogP contribution < -0.4 is 5.73 Å². The SMILES string of the molecule is NCCCC(Br)Br. The Kier molecular flexibility index (Phi) is 5.73. The minimum Gasteiger partial charge on any atom is -0.330 e. The highest BCUT2D eigenvalue weighted by Gasteiger charge is 1.92. The zero-order valence-corrected chi connectivity index (χ0v) is 7.20. The Morgan fingerprint density at radius 2 is 2.00 bits per heavy atom. The van der Waals surface area contributed by atoms with Gasteiger partial charge in [-0.05, 0) is 19.4 Å². The quantitative estimate of drug-likeness (QED) is 0.736. The third-order valence-electron chi connectivity index (χ3n) is 0.626. The molecule has 0 spiro atoms. The van der Waals surface area contributed by atoms with Gasteiger partial charge < -0.3 is 5.73 Å². The van der Waals surface area contributed by atoms with Gasteiger partial charge in [-0.1, -0.05) is 31.9 Å². The van der Waals surface area contributed by atoms with Crippen LogP contribution in [0.2, 0.25) is 0 Å². The van der Waals surface area contributed by atoms with Gasteiger partial charge in [-0.3, -0.25) is 0 Å². The Morgan fingerprint density at radius 3 is 2.14 bits per heavy atom. The maximum atomic E-state index is 5.24. The molecule has 7 heavy (non-hydrogen) atoms. The third kappa shape index (κ3) is 6.92. The number of rotatable bonds is 3. The summed E-state index contributed by atoms with van der Waals surface area (Å²) in [5, 5.41) is 0. The Labute approximate surface area is 60.9 Å². The van der Waals surface area contributed by atoms with E-state index in [1.165, 1.54) is 0 Å². The predicted octanol–water partition coefficient (Wildman–Crippen LogP) is 1.84. The predicted molar refractivity (Wildman–Crippen MR) is 39.9 cm³/mol. The molecule has 0 unspecified atom stereocenters. The summed E-state index contributed by atoms with van der Waals surface area (Å²) >= 11 is 6.67. The number of hydrogen-bond acceptors (Lipinski definition) is 1. The molecule has 0 aliphatic carbocycles. The minimum absolute atomic E-state index is 0.448. The summed E-state index contributed by atoms with van der Waals surface area (Å²) in [7, 11) is 0. The van der Waals surface area contributed by atoms with Crippen molar-refractivity contribution in [3.63, 3.8) is 0 Å². The molecular weight excluding hydrogens is 222 g/mol. The first-order chi connectivity index (χ1) is 3.27. The summed E-state index contributed by atoms with van der Waals surface area (Å²) in [4.78, 5) is 0. The van der Waals surface area contributed by atoms with Crippen LogP contribution in [0.5, 0.6) is 0 Å². The van der Waals surface area contributed by atoms with Gasteiger partial charge >= 0.3 is 0 Å². The summed E-state index contributed by atoms with van der Waals surface area (Å²) in [5.41, 5.74) is 5.24. The lowest BCUT2D eigenvalue weighted by Crippen LogP contribution is -1.99. The largest absolute Gasteiger partial charge is 0.330 e. The fourth-order valence-electron chi connectivity index (χ4n) is 0.272. The number of alkyl halides is 2. The Morgan fingerprint density at radius 1 is 1.43 bits per heavy atom. The van der Waals surface area contributed by atoms with Crippen LogP contribution in [-0.4, -0.2) is 10.3 Å². The lowest BCUT2D eigenvalue weighted by molar-refractivity contribution is 0.805. The molecule has 0 atom stereocenters. The van der Waals surface area contributed by atoms with E-state index in [0.717, 1.165) is 19.4 Å². The molecule has 0 saturated heterocycles.